The summed E-state index contributed by atoms with van der Waals surface area (Å²) in [5, 5.41) is 2.89. The highest BCUT2D eigenvalue weighted by Crippen LogP contribution is 1.99. The molecule has 0 saturated heterocycles. The van der Waals surface area contributed by atoms with Gasteiger partial charge in [0.25, 0.3) is 0 Å². The predicted molar refractivity (Wildman–Crippen MR) is 38.0 cm³/mol. The maximum absolute atomic E-state index is 12.0. The van der Waals surface area contributed by atoms with Crippen molar-refractivity contribution in [1.82, 2.24) is 5.32 Å². The fraction of sp³-hybridized carbons (Fsp3) is 0.714. The highest BCUT2D eigenvalue weighted by molar-refractivity contribution is 4.97. The molecular formula is C7H14FN. The Kier molecular flexibility index (Phi) is 5.52. The molecule has 1 nitrogen and oxygen atoms in total. The van der Waals surface area contributed by atoms with Crippen molar-refractivity contribution in [3.63, 3.8) is 0 Å². The minimum Gasteiger partial charge on any atom is -0.310 e. The second kappa shape index (κ2) is 5.76. The molecule has 1 aliphatic rings. The molecule has 0 saturated carbocycles. The summed E-state index contributed by atoms with van der Waals surface area (Å²) in [7, 11) is 0. The number of hydrogen-bond donors (Lipinski definition) is 1. The first kappa shape index (κ1) is 8.63. The van der Waals surface area contributed by atoms with Gasteiger partial charge in [-0.25, -0.2) is 4.39 Å². The van der Waals surface area contributed by atoms with Gasteiger partial charge >= 0.3 is 0 Å². The van der Waals surface area contributed by atoms with Crippen LogP contribution in [0.5, 0.6) is 0 Å². The summed E-state index contributed by atoms with van der Waals surface area (Å²) in [6.45, 7) is 5.35. The quantitative estimate of drug-likeness (QED) is 0.529. The molecule has 1 rings (SSSR count). The van der Waals surface area contributed by atoms with E-state index in [1.807, 2.05) is 13.8 Å². The van der Waals surface area contributed by atoms with Gasteiger partial charge in [0.05, 0.1) is 0 Å². The molecule has 1 aliphatic heterocycles. The van der Waals surface area contributed by atoms with E-state index in [2.05, 4.69) is 5.32 Å². The van der Waals surface area contributed by atoms with Crippen LogP contribution >= 0.6 is 0 Å². The Bertz CT molecular complexity index is 88.9. The largest absolute Gasteiger partial charge is 0.310 e. The molecule has 0 spiro atoms. The molecule has 1 N–H and O–H groups in total. The van der Waals surface area contributed by atoms with Crippen LogP contribution in [-0.2, 0) is 0 Å². The van der Waals surface area contributed by atoms with Gasteiger partial charge in [-0.2, -0.15) is 0 Å². The highest BCUT2D eigenvalue weighted by Gasteiger charge is 1.97. The van der Waals surface area contributed by atoms with E-state index in [9.17, 15) is 4.39 Å². The van der Waals surface area contributed by atoms with E-state index in [4.69, 9.17) is 0 Å². The van der Waals surface area contributed by atoms with Gasteiger partial charge in [-0.05, 0) is 13.0 Å². The van der Waals surface area contributed by atoms with E-state index < -0.39 is 0 Å². The molecule has 1 heterocycles. The molecule has 0 unspecified atom stereocenters. The molecule has 0 atom stereocenters. The molecule has 0 fully saturated rings. The highest BCUT2D eigenvalue weighted by atomic mass is 19.1. The summed E-state index contributed by atoms with van der Waals surface area (Å²) >= 11 is 0. The molecule has 0 aromatic carbocycles. The number of nitrogens with one attached hydrogen (secondary N) is 1. The molecule has 0 radical (unpaired) electrons. The van der Waals surface area contributed by atoms with Crippen molar-refractivity contribution in [2.24, 2.45) is 0 Å². The van der Waals surface area contributed by atoms with E-state index in [1.54, 1.807) is 6.08 Å². The summed E-state index contributed by atoms with van der Waals surface area (Å²) in [6.07, 6.45) is 2.46. The molecule has 2 heteroatoms. The first-order chi connectivity index (χ1) is 4.39. The third-order valence-electron chi connectivity index (χ3n) is 0.981. The van der Waals surface area contributed by atoms with Crippen LogP contribution in [-0.4, -0.2) is 13.1 Å². The number of hydrogen-bond acceptors (Lipinski definition) is 1. The summed E-state index contributed by atoms with van der Waals surface area (Å²) in [6, 6.07) is 0. The van der Waals surface area contributed by atoms with E-state index >= 15 is 0 Å². The maximum Gasteiger partial charge on any atom is 0.110 e. The third kappa shape index (κ3) is 4.15. The Morgan fingerprint density at radius 3 is 2.44 bits per heavy atom. The molecular weight excluding hydrogens is 117 g/mol. The third-order valence-corrected chi connectivity index (χ3v) is 0.981. The Balaban J connectivity index is 0.000000291. The van der Waals surface area contributed by atoms with Crippen LogP contribution in [0.25, 0.3) is 0 Å². The molecule has 54 valence electrons. The summed E-state index contributed by atoms with van der Waals surface area (Å²) < 4.78 is 12.0. The molecule has 0 amide bonds. The summed E-state index contributed by atoms with van der Waals surface area (Å²) in [5.74, 6) is -0.0220. The lowest BCUT2D eigenvalue weighted by atomic mass is 10.3. The zero-order chi connectivity index (χ0) is 7.11. The topological polar surface area (TPSA) is 12.0 Å². The monoisotopic (exact) mass is 131 g/mol. The van der Waals surface area contributed by atoms with Crippen molar-refractivity contribution in [2.75, 3.05) is 13.1 Å². The van der Waals surface area contributed by atoms with Crippen LogP contribution in [0.15, 0.2) is 11.9 Å². The van der Waals surface area contributed by atoms with E-state index in [0.717, 1.165) is 13.0 Å². The van der Waals surface area contributed by atoms with Gasteiger partial charge in [0.1, 0.15) is 5.83 Å². The zero-order valence-electron chi connectivity index (χ0n) is 6.08. The Hall–Kier alpha value is -0.370. The van der Waals surface area contributed by atoms with Gasteiger partial charge in [-0.15, -0.1) is 0 Å². The van der Waals surface area contributed by atoms with Crippen LogP contribution in [0, 0.1) is 0 Å². The maximum atomic E-state index is 12.0. The van der Waals surface area contributed by atoms with Crippen LogP contribution in [0.2, 0.25) is 0 Å². The van der Waals surface area contributed by atoms with Gasteiger partial charge in [0.2, 0.25) is 0 Å². The molecule has 0 aromatic heterocycles. The fourth-order valence-corrected chi connectivity index (χ4v) is 0.611. The molecule has 0 aromatic rings. The van der Waals surface area contributed by atoms with Gasteiger partial charge < -0.3 is 5.32 Å². The van der Waals surface area contributed by atoms with Gasteiger partial charge in [0.15, 0.2) is 0 Å². The van der Waals surface area contributed by atoms with E-state index in [-0.39, 0.29) is 5.83 Å². The van der Waals surface area contributed by atoms with E-state index in [1.165, 1.54) is 0 Å². The standard InChI is InChI=1S/C5H8FN.C2H6/c6-5-2-1-3-7-4-5;1-2/h2,7H,1,3-4H2;1-2H3. The first-order valence-electron chi connectivity index (χ1n) is 3.45. The lowest BCUT2D eigenvalue weighted by Gasteiger charge is -2.05. The Morgan fingerprint density at radius 1 is 1.56 bits per heavy atom. The van der Waals surface area contributed by atoms with Crippen LogP contribution < -0.4 is 5.32 Å². The number of rotatable bonds is 0. The SMILES string of the molecule is CC.FC1=CCCNC1. The Morgan fingerprint density at radius 2 is 2.22 bits per heavy atom. The van der Waals surface area contributed by atoms with Crippen molar-refractivity contribution >= 4 is 0 Å². The first-order valence-corrected chi connectivity index (χ1v) is 3.45. The van der Waals surface area contributed by atoms with Crippen molar-refractivity contribution in [3.8, 4) is 0 Å². The van der Waals surface area contributed by atoms with Crippen LogP contribution in [0.4, 0.5) is 4.39 Å². The van der Waals surface area contributed by atoms with Crippen LogP contribution in [0.3, 0.4) is 0 Å². The minimum atomic E-state index is -0.0220. The normalized spacial score (nSPS) is 17.4. The minimum absolute atomic E-state index is 0.0220. The Labute approximate surface area is 56.0 Å². The van der Waals surface area contributed by atoms with Crippen molar-refractivity contribution in [1.29, 1.82) is 0 Å². The average Bonchev–Trinajstić information content (AvgIpc) is 1.94. The zero-order valence-corrected chi connectivity index (χ0v) is 6.08. The van der Waals surface area contributed by atoms with Crippen LogP contribution in [0.1, 0.15) is 20.3 Å². The van der Waals surface area contributed by atoms with Crippen molar-refractivity contribution in [2.45, 2.75) is 20.3 Å². The smallest absolute Gasteiger partial charge is 0.110 e. The summed E-state index contributed by atoms with van der Waals surface area (Å²) in [5.41, 5.74) is 0. The molecule has 0 bridgehead atoms. The van der Waals surface area contributed by atoms with Gasteiger partial charge in [-0.1, -0.05) is 19.9 Å². The number of halogens is 1. The van der Waals surface area contributed by atoms with E-state index in [0.29, 0.717) is 6.54 Å². The van der Waals surface area contributed by atoms with Gasteiger partial charge in [0, 0.05) is 6.54 Å². The lowest BCUT2D eigenvalue weighted by Crippen LogP contribution is -2.20. The second-order valence-electron chi connectivity index (χ2n) is 1.62. The lowest BCUT2D eigenvalue weighted by molar-refractivity contribution is 0.543. The molecule has 9 heavy (non-hydrogen) atoms. The predicted octanol–water partition coefficient (Wildman–Crippen LogP) is 1.86. The fourth-order valence-electron chi connectivity index (χ4n) is 0.611. The molecule has 0 aliphatic carbocycles. The van der Waals surface area contributed by atoms with Crippen molar-refractivity contribution in [3.05, 3.63) is 11.9 Å². The summed E-state index contributed by atoms with van der Waals surface area (Å²) in [4.78, 5) is 0. The second-order valence-corrected chi connectivity index (χ2v) is 1.62. The van der Waals surface area contributed by atoms with Crippen molar-refractivity contribution < 1.29 is 4.39 Å². The van der Waals surface area contributed by atoms with Gasteiger partial charge in [-0.3, -0.25) is 0 Å². The average molecular weight is 131 g/mol.